The van der Waals surface area contributed by atoms with Crippen molar-refractivity contribution in [2.45, 2.75) is 18.7 Å². The Morgan fingerprint density at radius 2 is 1.31 bits per heavy atom. The minimum Gasteiger partial charge on any atom is -0.223 e. The number of benzene rings is 3. The summed E-state index contributed by atoms with van der Waals surface area (Å²) in [5.74, 6) is -0.0338. The van der Waals surface area contributed by atoms with Crippen molar-refractivity contribution >= 4 is 21.5 Å². The molecule has 0 saturated carbocycles. The van der Waals surface area contributed by atoms with E-state index in [1.54, 1.807) is 12.1 Å². The van der Waals surface area contributed by atoms with E-state index in [0.717, 1.165) is 22.3 Å². The summed E-state index contributed by atoms with van der Waals surface area (Å²) in [6.07, 6.45) is 1.96. The first-order chi connectivity index (χ1) is 12.4. The van der Waals surface area contributed by atoms with Crippen molar-refractivity contribution in [2.24, 2.45) is 0 Å². The van der Waals surface area contributed by atoms with Crippen molar-refractivity contribution in [3.05, 3.63) is 101 Å². The Bertz CT molecular complexity index is 998. The van der Waals surface area contributed by atoms with Crippen LogP contribution in [0.5, 0.6) is 0 Å². The molecule has 0 spiro atoms. The number of rotatable bonds is 5. The van der Waals surface area contributed by atoms with Crippen molar-refractivity contribution in [1.82, 2.24) is 0 Å². The topological polar surface area (TPSA) is 34.1 Å². The molecular weight excluding hydrogens is 340 g/mol. The third kappa shape index (κ3) is 4.50. The summed E-state index contributed by atoms with van der Waals surface area (Å²) in [6.45, 7) is 3.98. The molecule has 26 heavy (non-hydrogen) atoms. The summed E-state index contributed by atoms with van der Waals surface area (Å²) < 4.78 is 25.9. The molecule has 0 aliphatic heterocycles. The summed E-state index contributed by atoms with van der Waals surface area (Å²) in [4.78, 5) is 0.355. The molecular formula is C23H22O2S. The van der Waals surface area contributed by atoms with E-state index in [9.17, 15) is 8.42 Å². The summed E-state index contributed by atoms with van der Waals surface area (Å²) in [5, 5.41) is 0. The third-order valence-corrected chi connectivity index (χ3v) is 5.97. The van der Waals surface area contributed by atoms with Crippen LogP contribution in [0.1, 0.15) is 22.3 Å². The second kappa shape index (κ2) is 7.71. The highest BCUT2D eigenvalue weighted by Gasteiger charge is 2.18. The van der Waals surface area contributed by atoms with E-state index in [1.165, 1.54) is 5.56 Å². The lowest BCUT2D eigenvalue weighted by Gasteiger charge is -2.10. The smallest absolute Gasteiger partial charge is 0.182 e. The van der Waals surface area contributed by atoms with E-state index in [0.29, 0.717) is 4.90 Å². The zero-order valence-electron chi connectivity index (χ0n) is 15.0. The van der Waals surface area contributed by atoms with Gasteiger partial charge in [0.05, 0.1) is 10.6 Å². The third-order valence-electron chi connectivity index (χ3n) is 4.29. The zero-order valence-corrected chi connectivity index (χ0v) is 15.8. The highest BCUT2D eigenvalue weighted by molar-refractivity contribution is 7.91. The highest BCUT2D eigenvalue weighted by Crippen LogP contribution is 2.24. The van der Waals surface area contributed by atoms with Crippen LogP contribution in [-0.4, -0.2) is 14.2 Å². The van der Waals surface area contributed by atoms with E-state index < -0.39 is 9.84 Å². The maximum atomic E-state index is 12.9. The van der Waals surface area contributed by atoms with E-state index in [4.69, 9.17) is 0 Å². The standard InChI is InChI=1S/C23H22O2S/c1-18-8-12-20(13-9-18)16-22(21-6-4-3-5-7-21)17-26(24,25)23-14-10-19(2)11-15-23/h3-16H,17H2,1-2H3/b22-16+. The molecule has 0 atom stereocenters. The maximum Gasteiger partial charge on any atom is 0.182 e. The fraction of sp³-hybridized carbons (Fsp3) is 0.130. The van der Waals surface area contributed by atoms with Gasteiger partial charge in [0.25, 0.3) is 0 Å². The molecule has 3 aromatic carbocycles. The summed E-state index contributed by atoms with van der Waals surface area (Å²) in [5.41, 5.74) is 4.92. The Hall–Kier alpha value is -2.65. The van der Waals surface area contributed by atoms with Crippen LogP contribution in [-0.2, 0) is 9.84 Å². The Labute approximate surface area is 155 Å². The fourth-order valence-electron chi connectivity index (χ4n) is 2.76. The van der Waals surface area contributed by atoms with Gasteiger partial charge in [-0.05, 0) is 42.7 Å². The summed E-state index contributed by atoms with van der Waals surface area (Å²) >= 11 is 0. The first-order valence-corrected chi connectivity index (χ1v) is 10.2. The van der Waals surface area contributed by atoms with Crippen LogP contribution in [0.2, 0.25) is 0 Å². The average Bonchev–Trinajstić information content (AvgIpc) is 2.64. The van der Waals surface area contributed by atoms with Gasteiger partial charge in [0.2, 0.25) is 0 Å². The number of hydrogen-bond donors (Lipinski definition) is 0. The predicted octanol–water partition coefficient (Wildman–Crippen LogP) is 5.32. The molecule has 0 heterocycles. The molecule has 0 aliphatic rings. The van der Waals surface area contributed by atoms with Crippen LogP contribution < -0.4 is 0 Å². The SMILES string of the molecule is Cc1ccc(/C=C(\CS(=O)(=O)c2ccc(C)cc2)c2ccccc2)cc1. The molecule has 132 valence electrons. The summed E-state index contributed by atoms with van der Waals surface area (Å²) in [7, 11) is -3.42. The van der Waals surface area contributed by atoms with Crippen LogP contribution in [0.4, 0.5) is 0 Å². The Balaban J connectivity index is 2.01. The molecule has 0 radical (unpaired) electrons. The van der Waals surface area contributed by atoms with Gasteiger partial charge in [-0.25, -0.2) is 8.42 Å². The van der Waals surface area contributed by atoms with Gasteiger partial charge in [-0.15, -0.1) is 0 Å². The zero-order chi connectivity index (χ0) is 18.6. The second-order valence-electron chi connectivity index (χ2n) is 6.52. The fourth-order valence-corrected chi connectivity index (χ4v) is 4.13. The summed E-state index contributed by atoms with van der Waals surface area (Å²) in [6, 6.07) is 24.8. The highest BCUT2D eigenvalue weighted by atomic mass is 32.2. The second-order valence-corrected chi connectivity index (χ2v) is 8.51. The molecule has 0 fully saturated rings. The first kappa shape index (κ1) is 18.2. The lowest BCUT2D eigenvalue weighted by atomic mass is 10.0. The molecule has 2 nitrogen and oxygen atoms in total. The molecule has 0 saturated heterocycles. The molecule has 0 unspecified atom stereocenters. The van der Waals surface area contributed by atoms with E-state index in [-0.39, 0.29) is 5.75 Å². The van der Waals surface area contributed by atoms with Gasteiger partial charge < -0.3 is 0 Å². The predicted molar refractivity (Wildman–Crippen MR) is 109 cm³/mol. The monoisotopic (exact) mass is 362 g/mol. The van der Waals surface area contributed by atoms with Crippen LogP contribution in [0.25, 0.3) is 11.6 Å². The lowest BCUT2D eigenvalue weighted by Crippen LogP contribution is -2.09. The Morgan fingerprint density at radius 3 is 1.88 bits per heavy atom. The van der Waals surface area contributed by atoms with Gasteiger partial charge in [-0.3, -0.25) is 0 Å². The molecule has 3 rings (SSSR count). The molecule has 0 aliphatic carbocycles. The largest absolute Gasteiger partial charge is 0.223 e. The van der Waals surface area contributed by atoms with E-state index >= 15 is 0 Å². The van der Waals surface area contributed by atoms with Crippen molar-refractivity contribution in [2.75, 3.05) is 5.75 Å². The van der Waals surface area contributed by atoms with Gasteiger partial charge in [-0.1, -0.05) is 83.9 Å². The maximum absolute atomic E-state index is 12.9. The Morgan fingerprint density at radius 1 is 0.769 bits per heavy atom. The van der Waals surface area contributed by atoms with Crippen molar-refractivity contribution in [3.63, 3.8) is 0 Å². The molecule has 0 bridgehead atoms. The van der Waals surface area contributed by atoms with Crippen LogP contribution in [0, 0.1) is 13.8 Å². The van der Waals surface area contributed by atoms with Crippen LogP contribution in [0.3, 0.4) is 0 Å². The van der Waals surface area contributed by atoms with Gasteiger partial charge >= 0.3 is 0 Å². The normalized spacial score (nSPS) is 12.2. The molecule has 0 N–H and O–H groups in total. The Kier molecular flexibility index (Phi) is 5.38. The van der Waals surface area contributed by atoms with Gasteiger partial charge in [0.15, 0.2) is 9.84 Å². The number of aryl methyl sites for hydroxylation is 2. The van der Waals surface area contributed by atoms with Crippen molar-refractivity contribution < 1.29 is 8.42 Å². The average molecular weight is 362 g/mol. The minimum atomic E-state index is -3.42. The molecule has 0 amide bonds. The molecule has 3 heteroatoms. The molecule has 0 aromatic heterocycles. The van der Waals surface area contributed by atoms with E-state index in [2.05, 4.69) is 0 Å². The first-order valence-electron chi connectivity index (χ1n) is 8.56. The quantitative estimate of drug-likeness (QED) is 0.576. The van der Waals surface area contributed by atoms with Gasteiger partial charge in [-0.2, -0.15) is 0 Å². The lowest BCUT2D eigenvalue weighted by molar-refractivity contribution is 0.599. The van der Waals surface area contributed by atoms with Crippen LogP contribution >= 0.6 is 0 Å². The van der Waals surface area contributed by atoms with Gasteiger partial charge in [0.1, 0.15) is 0 Å². The number of sulfone groups is 1. The van der Waals surface area contributed by atoms with Crippen molar-refractivity contribution in [1.29, 1.82) is 0 Å². The van der Waals surface area contributed by atoms with Gasteiger partial charge in [0, 0.05) is 0 Å². The van der Waals surface area contributed by atoms with E-state index in [1.807, 2.05) is 86.7 Å². The number of hydrogen-bond acceptors (Lipinski definition) is 2. The van der Waals surface area contributed by atoms with Crippen molar-refractivity contribution in [3.8, 4) is 0 Å². The molecule has 3 aromatic rings. The van der Waals surface area contributed by atoms with Crippen LogP contribution in [0.15, 0.2) is 83.8 Å². The minimum absolute atomic E-state index is 0.0338.